The summed E-state index contributed by atoms with van der Waals surface area (Å²) in [6, 6.07) is 0. The zero-order chi connectivity index (χ0) is 8.86. The number of hydrogen-bond acceptors (Lipinski definition) is 2. The summed E-state index contributed by atoms with van der Waals surface area (Å²) in [5.74, 6) is -5.80. The molecule has 1 saturated heterocycles. The van der Waals surface area contributed by atoms with Gasteiger partial charge in [0.2, 0.25) is 11.7 Å². The monoisotopic (exact) mass is 192 g/mol. The fraction of sp³-hybridized carbons (Fsp3) is 1.00. The molecule has 2 nitrogen and oxygen atoms in total. The van der Waals surface area contributed by atoms with E-state index in [1.165, 1.54) is 0 Å². The second-order valence-corrected chi connectivity index (χ2v) is 4.39. The number of sulfone groups is 1. The fourth-order valence-corrected chi connectivity index (χ4v) is 2.22. The third kappa shape index (κ3) is 1.21. The van der Waals surface area contributed by atoms with E-state index in [0.29, 0.717) is 0 Å². The van der Waals surface area contributed by atoms with Gasteiger partial charge in [-0.2, -0.15) is 0 Å². The van der Waals surface area contributed by atoms with Gasteiger partial charge in [0, 0.05) is 0 Å². The topological polar surface area (TPSA) is 34.1 Å². The van der Waals surface area contributed by atoms with Crippen molar-refractivity contribution in [1.82, 2.24) is 0 Å². The molecule has 0 saturated carbocycles. The number of hydrogen-bond donors (Lipinski definition) is 0. The second kappa shape index (κ2) is 2.09. The smallest absolute Gasteiger partial charge is 0.236 e. The molecule has 66 valence electrons. The lowest BCUT2D eigenvalue weighted by molar-refractivity contribution is -0.0539. The van der Waals surface area contributed by atoms with E-state index in [2.05, 4.69) is 0 Å². The minimum absolute atomic E-state index is 1.73. The Morgan fingerprint density at radius 2 is 1.73 bits per heavy atom. The minimum Gasteiger partial charge on any atom is -0.236 e. The van der Waals surface area contributed by atoms with Crippen LogP contribution >= 0.6 is 0 Å². The van der Waals surface area contributed by atoms with Crippen LogP contribution in [0.1, 0.15) is 0 Å². The molecule has 0 aromatic heterocycles. The SMILES string of the molecule is O=S1(=O)CC(F)(F)C(F)C1F. The molecule has 1 heterocycles. The summed E-state index contributed by atoms with van der Waals surface area (Å²) in [5.41, 5.74) is -3.07. The average molecular weight is 192 g/mol. The van der Waals surface area contributed by atoms with Crippen molar-refractivity contribution in [2.75, 3.05) is 5.75 Å². The molecule has 0 bridgehead atoms. The van der Waals surface area contributed by atoms with Crippen LogP contribution < -0.4 is 0 Å². The first-order valence-electron chi connectivity index (χ1n) is 2.65. The molecular formula is C4H4F4O2S. The standard InChI is InChI=1S/C4H4F4O2S/c5-2-3(6)11(9,10)1-4(2,7)8/h2-3H,1H2. The normalized spacial score (nSPS) is 40.7. The first-order chi connectivity index (χ1) is 4.77. The summed E-state index contributed by atoms with van der Waals surface area (Å²) in [6.45, 7) is 0. The largest absolute Gasteiger partial charge is 0.296 e. The highest BCUT2D eigenvalue weighted by Gasteiger charge is 2.60. The van der Waals surface area contributed by atoms with Crippen molar-refractivity contribution in [2.24, 2.45) is 0 Å². The number of halogens is 4. The maximum Gasteiger partial charge on any atom is 0.296 e. The zero-order valence-corrected chi connectivity index (χ0v) is 5.91. The van der Waals surface area contributed by atoms with Crippen LogP contribution in [0.25, 0.3) is 0 Å². The maximum absolute atomic E-state index is 12.1. The predicted octanol–water partition coefficient (Wildman–Crippen LogP) is 0.684. The fourth-order valence-electron chi connectivity index (χ4n) is 0.801. The predicted molar refractivity (Wildman–Crippen MR) is 28.5 cm³/mol. The lowest BCUT2D eigenvalue weighted by Gasteiger charge is -2.07. The summed E-state index contributed by atoms with van der Waals surface area (Å²) >= 11 is 0. The van der Waals surface area contributed by atoms with Crippen LogP contribution in [0, 0.1) is 0 Å². The number of rotatable bonds is 0. The van der Waals surface area contributed by atoms with Crippen molar-refractivity contribution >= 4 is 9.84 Å². The Balaban J connectivity index is 3.06. The van der Waals surface area contributed by atoms with E-state index in [-0.39, 0.29) is 0 Å². The van der Waals surface area contributed by atoms with Crippen LogP contribution in [0.15, 0.2) is 0 Å². The molecule has 0 aromatic rings. The minimum atomic E-state index is -4.57. The van der Waals surface area contributed by atoms with Crippen LogP contribution in [0.4, 0.5) is 17.6 Å². The highest BCUT2D eigenvalue weighted by Crippen LogP contribution is 2.37. The van der Waals surface area contributed by atoms with Gasteiger partial charge in [-0.3, -0.25) is 0 Å². The summed E-state index contributed by atoms with van der Waals surface area (Å²) in [5, 5.41) is 0. The molecule has 7 heteroatoms. The summed E-state index contributed by atoms with van der Waals surface area (Å²) in [7, 11) is -4.57. The molecule has 1 rings (SSSR count). The lowest BCUT2D eigenvalue weighted by Crippen LogP contribution is -2.30. The molecule has 0 aromatic carbocycles. The third-order valence-corrected chi connectivity index (χ3v) is 3.08. The molecule has 1 aliphatic rings. The first kappa shape index (κ1) is 8.76. The Kier molecular flexibility index (Phi) is 1.66. The van der Waals surface area contributed by atoms with E-state index >= 15 is 0 Å². The Hall–Kier alpha value is -0.330. The molecule has 2 unspecified atom stereocenters. The van der Waals surface area contributed by atoms with Gasteiger partial charge >= 0.3 is 0 Å². The second-order valence-electron chi connectivity index (χ2n) is 2.32. The highest BCUT2D eigenvalue weighted by atomic mass is 32.2. The molecule has 0 aliphatic carbocycles. The highest BCUT2D eigenvalue weighted by molar-refractivity contribution is 7.92. The van der Waals surface area contributed by atoms with Crippen LogP contribution in [-0.2, 0) is 9.84 Å². The van der Waals surface area contributed by atoms with Gasteiger partial charge in [0.1, 0.15) is 5.75 Å². The van der Waals surface area contributed by atoms with Crippen LogP contribution in [-0.4, -0.2) is 31.8 Å². The van der Waals surface area contributed by atoms with E-state index in [4.69, 9.17) is 0 Å². The van der Waals surface area contributed by atoms with Gasteiger partial charge < -0.3 is 0 Å². The summed E-state index contributed by atoms with van der Waals surface area (Å²) in [6.07, 6.45) is -3.22. The van der Waals surface area contributed by atoms with Gasteiger partial charge in [0.15, 0.2) is 9.84 Å². The van der Waals surface area contributed by atoms with E-state index in [0.717, 1.165) is 0 Å². The maximum atomic E-state index is 12.1. The third-order valence-electron chi connectivity index (χ3n) is 1.37. The molecule has 1 fully saturated rings. The summed E-state index contributed by atoms with van der Waals surface area (Å²) < 4.78 is 69.0. The summed E-state index contributed by atoms with van der Waals surface area (Å²) in [4.78, 5) is 0. The van der Waals surface area contributed by atoms with Crippen molar-refractivity contribution < 1.29 is 26.0 Å². The Morgan fingerprint density at radius 3 is 1.82 bits per heavy atom. The number of alkyl halides is 4. The van der Waals surface area contributed by atoms with Crippen LogP contribution in [0.2, 0.25) is 0 Å². The zero-order valence-electron chi connectivity index (χ0n) is 5.10. The van der Waals surface area contributed by atoms with Crippen LogP contribution in [0.5, 0.6) is 0 Å². The van der Waals surface area contributed by atoms with Gasteiger partial charge in [-0.05, 0) is 0 Å². The van der Waals surface area contributed by atoms with Crippen molar-refractivity contribution in [1.29, 1.82) is 0 Å². The molecular weight excluding hydrogens is 188 g/mol. The Bertz CT molecular complexity index is 259. The van der Waals surface area contributed by atoms with E-state index in [9.17, 15) is 26.0 Å². The van der Waals surface area contributed by atoms with E-state index in [1.807, 2.05) is 0 Å². The molecule has 1 aliphatic heterocycles. The lowest BCUT2D eigenvalue weighted by atomic mass is 10.3. The Labute approximate surface area is 60.1 Å². The van der Waals surface area contributed by atoms with Crippen molar-refractivity contribution in [3.8, 4) is 0 Å². The van der Waals surface area contributed by atoms with Crippen molar-refractivity contribution in [3.05, 3.63) is 0 Å². The van der Waals surface area contributed by atoms with Crippen molar-refractivity contribution in [2.45, 2.75) is 17.6 Å². The first-order valence-corrected chi connectivity index (χ1v) is 4.36. The molecule has 0 amide bonds. The van der Waals surface area contributed by atoms with Crippen LogP contribution in [0.3, 0.4) is 0 Å². The van der Waals surface area contributed by atoms with Gasteiger partial charge in [-0.1, -0.05) is 0 Å². The molecule has 0 spiro atoms. The van der Waals surface area contributed by atoms with Gasteiger partial charge in [-0.25, -0.2) is 26.0 Å². The van der Waals surface area contributed by atoms with Gasteiger partial charge in [0.05, 0.1) is 0 Å². The average Bonchev–Trinajstić information content (AvgIpc) is 1.91. The van der Waals surface area contributed by atoms with Crippen molar-refractivity contribution in [3.63, 3.8) is 0 Å². The van der Waals surface area contributed by atoms with E-state index in [1.54, 1.807) is 0 Å². The molecule has 11 heavy (non-hydrogen) atoms. The molecule has 0 radical (unpaired) electrons. The quantitative estimate of drug-likeness (QED) is 0.529. The Morgan fingerprint density at radius 1 is 1.27 bits per heavy atom. The van der Waals surface area contributed by atoms with E-state index < -0.39 is 33.2 Å². The van der Waals surface area contributed by atoms with Gasteiger partial charge in [-0.15, -0.1) is 0 Å². The molecule has 2 atom stereocenters. The molecule has 0 N–H and O–H groups in total. The van der Waals surface area contributed by atoms with Gasteiger partial charge in [0.25, 0.3) is 5.92 Å².